The zero-order chi connectivity index (χ0) is 39.9. The van der Waals surface area contributed by atoms with E-state index in [0.717, 1.165) is 73.3 Å². The molecule has 1 amide bonds. The summed E-state index contributed by atoms with van der Waals surface area (Å²) >= 11 is 1.37. The van der Waals surface area contributed by atoms with Crippen molar-refractivity contribution >= 4 is 34.1 Å². The number of carbonyl (C=O) groups excluding carboxylic acids is 1. The fourth-order valence-electron chi connectivity index (χ4n) is 8.67. The van der Waals surface area contributed by atoms with Crippen molar-refractivity contribution in [2.45, 2.75) is 63.3 Å². The summed E-state index contributed by atoms with van der Waals surface area (Å²) in [6.45, 7) is 4.38. The van der Waals surface area contributed by atoms with E-state index in [2.05, 4.69) is 25.8 Å². The van der Waals surface area contributed by atoms with Crippen LogP contribution in [0.1, 0.15) is 75.0 Å². The number of piperidine rings is 1. The monoisotopic (exact) mass is 793 g/mol. The van der Waals surface area contributed by atoms with E-state index in [1.807, 2.05) is 48.5 Å². The number of H-pyrrole nitrogens is 1. The maximum atomic E-state index is 13.3. The first-order valence-electron chi connectivity index (χ1n) is 19.8. The lowest BCUT2D eigenvalue weighted by atomic mass is 9.76. The van der Waals surface area contributed by atoms with Crippen molar-refractivity contribution < 1.29 is 30.0 Å². The molecule has 5 aromatic rings. The number of thiophene rings is 1. The molecule has 0 bridgehead atoms. The molecule has 0 radical (unpaired) electrons. The highest BCUT2D eigenvalue weighted by Crippen LogP contribution is 2.46. The van der Waals surface area contributed by atoms with Gasteiger partial charge in [-0.2, -0.15) is 0 Å². The van der Waals surface area contributed by atoms with Crippen LogP contribution in [0.4, 0.5) is 0 Å². The first kappa shape index (κ1) is 40.2. The molecule has 3 aromatic carbocycles. The van der Waals surface area contributed by atoms with Gasteiger partial charge in [-0.15, -0.1) is 11.3 Å². The Morgan fingerprint density at radius 1 is 0.947 bits per heavy atom. The summed E-state index contributed by atoms with van der Waals surface area (Å²) in [5.74, 6) is -0.525. The Kier molecular flexibility index (Phi) is 12.7. The molecular weight excluding hydrogens is 743 g/mol. The van der Waals surface area contributed by atoms with Crippen LogP contribution in [0.3, 0.4) is 0 Å². The zero-order valence-electron chi connectivity index (χ0n) is 31.9. The molecule has 1 fully saturated rings. The van der Waals surface area contributed by atoms with Crippen LogP contribution in [0.5, 0.6) is 11.5 Å². The lowest BCUT2D eigenvalue weighted by molar-refractivity contribution is -0.148. The van der Waals surface area contributed by atoms with Crippen LogP contribution in [-0.4, -0.2) is 74.9 Å². The summed E-state index contributed by atoms with van der Waals surface area (Å²) in [6.07, 6.45) is 4.16. The Bertz CT molecular complexity index is 2250. The predicted molar refractivity (Wildman–Crippen MR) is 220 cm³/mol. The molecule has 300 valence electrons. The molecule has 2 aliphatic rings. The number of unbranched alkanes of at least 4 members (excludes halogenated alkanes) is 1. The molecule has 1 aliphatic carbocycles. The third-order valence-corrected chi connectivity index (χ3v) is 12.7. The minimum absolute atomic E-state index is 0.0541. The van der Waals surface area contributed by atoms with Gasteiger partial charge in [0, 0.05) is 42.5 Å². The van der Waals surface area contributed by atoms with E-state index in [0.29, 0.717) is 53.3 Å². The number of hydrogen-bond acceptors (Lipinski definition) is 10. The molecule has 1 saturated heterocycles. The fourth-order valence-corrected chi connectivity index (χ4v) is 9.53. The van der Waals surface area contributed by atoms with Gasteiger partial charge in [0.05, 0.1) is 16.5 Å². The zero-order valence-corrected chi connectivity index (χ0v) is 32.7. The number of rotatable bonds is 17. The summed E-state index contributed by atoms with van der Waals surface area (Å²) in [7, 11) is 0. The second-order valence-corrected chi connectivity index (χ2v) is 16.6. The number of aliphatic hydroxyl groups is 1. The number of nitrogens with zero attached hydrogens (tertiary/aromatic N) is 1. The number of aromatic amines is 1. The molecule has 7 rings (SSSR count). The average molecular weight is 794 g/mol. The Labute approximate surface area is 335 Å². The first-order valence-corrected chi connectivity index (χ1v) is 20.6. The third-order valence-electron chi connectivity index (χ3n) is 11.6. The second kappa shape index (κ2) is 18.0. The molecule has 2 aromatic heterocycles. The van der Waals surface area contributed by atoms with Gasteiger partial charge < -0.3 is 36.0 Å². The van der Waals surface area contributed by atoms with Crippen LogP contribution >= 0.6 is 11.3 Å². The third kappa shape index (κ3) is 9.24. The molecule has 0 saturated carbocycles. The molecule has 13 heteroatoms. The Morgan fingerprint density at radius 2 is 1.75 bits per heavy atom. The van der Waals surface area contributed by atoms with Crippen LogP contribution < -0.4 is 21.5 Å². The number of carbonyl (C=O) groups is 2. The van der Waals surface area contributed by atoms with E-state index < -0.39 is 17.6 Å². The topological polar surface area (TPSA) is 187 Å². The Morgan fingerprint density at radius 3 is 2.56 bits per heavy atom. The van der Waals surface area contributed by atoms with Crippen LogP contribution in [0.2, 0.25) is 0 Å². The lowest BCUT2D eigenvalue weighted by Gasteiger charge is -2.38. The molecule has 3 heterocycles. The molecule has 3 unspecified atom stereocenters. The SMILES string of the molecule is O=C(NCCCCNCC(O)c1ccc(O)c2[nH]c(=O)ccc12)c1ccc(CNC2(C(=O)O)c3ccccc3CC2CC2CCN(Cc3cccc(O)c3)CC2)s1. The van der Waals surface area contributed by atoms with Gasteiger partial charge in [0.25, 0.3) is 5.91 Å². The molecule has 3 atom stereocenters. The number of aromatic nitrogens is 1. The number of nitrogens with one attached hydrogen (secondary N) is 4. The van der Waals surface area contributed by atoms with Gasteiger partial charge in [0.1, 0.15) is 17.0 Å². The molecule has 12 nitrogen and oxygen atoms in total. The summed E-state index contributed by atoms with van der Waals surface area (Å²) in [6, 6.07) is 25.0. The maximum Gasteiger partial charge on any atom is 0.328 e. The second-order valence-electron chi connectivity index (χ2n) is 15.4. The van der Waals surface area contributed by atoms with Crippen molar-refractivity contribution in [1.82, 2.24) is 25.8 Å². The number of amides is 1. The number of fused-ring (bicyclic) bond motifs is 2. The summed E-state index contributed by atoms with van der Waals surface area (Å²) in [5, 5.41) is 52.0. The Hall–Kier alpha value is -5.05. The smallest absolute Gasteiger partial charge is 0.328 e. The van der Waals surface area contributed by atoms with Gasteiger partial charge in [-0.1, -0.05) is 42.5 Å². The average Bonchev–Trinajstić information content (AvgIpc) is 3.81. The first-order chi connectivity index (χ1) is 27.6. The van der Waals surface area contributed by atoms with E-state index in [1.165, 1.54) is 23.5 Å². The highest BCUT2D eigenvalue weighted by atomic mass is 32.1. The molecule has 1 aliphatic heterocycles. The molecule has 8 N–H and O–H groups in total. The van der Waals surface area contributed by atoms with Crippen LogP contribution in [0, 0.1) is 11.8 Å². The molecule has 57 heavy (non-hydrogen) atoms. The number of aliphatic hydroxyl groups excluding tert-OH is 1. The summed E-state index contributed by atoms with van der Waals surface area (Å²) < 4.78 is 0. The number of pyridine rings is 1. The van der Waals surface area contributed by atoms with E-state index in [-0.39, 0.29) is 35.4 Å². The number of benzene rings is 3. The van der Waals surface area contributed by atoms with E-state index >= 15 is 0 Å². The molecular formula is C44H51N5O7S. The molecule has 0 spiro atoms. The quantitative estimate of drug-likeness (QED) is 0.0569. The number of phenols is 2. The number of phenolic OH excluding ortho intramolecular Hbond substituents is 2. The van der Waals surface area contributed by atoms with Crippen molar-refractivity contribution in [1.29, 1.82) is 0 Å². The standard InChI is InChI=1S/C44H51N5O7S/c50-32-8-5-6-29(23-32)27-49-20-16-28(17-21-49)22-31-24-30-7-1-2-9-36(30)44(31,43(55)56)47-25-33-10-14-39(57-33)42(54)46-19-4-3-18-45-26-38(52)34-11-13-37(51)41-35(34)12-15-40(53)48-41/h1-2,5-15,23,28,31,38,45,47,50-52H,3-4,16-22,24-27H2,(H,46,54)(H,48,53)(H,55,56). The van der Waals surface area contributed by atoms with Crippen LogP contribution in [-0.2, 0) is 29.8 Å². The van der Waals surface area contributed by atoms with Crippen molar-refractivity contribution in [3.63, 3.8) is 0 Å². The van der Waals surface area contributed by atoms with E-state index in [9.17, 15) is 34.8 Å². The van der Waals surface area contributed by atoms with Crippen molar-refractivity contribution in [3.8, 4) is 11.5 Å². The highest BCUT2D eigenvalue weighted by Gasteiger charge is 2.53. The summed E-state index contributed by atoms with van der Waals surface area (Å²) in [5.41, 5.74) is 2.32. The van der Waals surface area contributed by atoms with Crippen LogP contribution in [0.25, 0.3) is 10.9 Å². The van der Waals surface area contributed by atoms with Gasteiger partial charge in [-0.05, 0) is 129 Å². The lowest BCUT2D eigenvalue weighted by Crippen LogP contribution is -2.53. The number of carboxylic acid groups (broad SMARTS) is 1. The fraction of sp³-hybridized carbons (Fsp3) is 0.386. The van der Waals surface area contributed by atoms with Crippen molar-refractivity contribution in [2.75, 3.05) is 32.7 Å². The maximum absolute atomic E-state index is 13.3. The van der Waals surface area contributed by atoms with Crippen LogP contribution in [0.15, 0.2) is 89.7 Å². The number of aliphatic carboxylic acids is 1. The van der Waals surface area contributed by atoms with Crippen molar-refractivity contribution in [3.05, 3.63) is 127 Å². The normalized spacial score (nSPS) is 19.1. The number of carboxylic acids is 1. The predicted octanol–water partition coefficient (Wildman–Crippen LogP) is 5.38. The minimum Gasteiger partial charge on any atom is -0.508 e. The van der Waals surface area contributed by atoms with E-state index in [1.54, 1.807) is 24.3 Å². The minimum atomic E-state index is -1.23. The van der Waals surface area contributed by atoms with Crippen molar-refractivity contribution in [2.24, 2.45) is 11.8 Å². The highest BCUT2D eigenvalue weighted by molar-refractivity contribution is 7.14. The van der Waals surface area contributed by atoms with Gasteiger partial charge >= 0.3 is 5.97 Å². The number of hydrogen-bond donors (Lipinski definition) is 8. The van der Waals surface area contributed by atoms with E-state index in [4.69, 9.17) is 0 Å². The summed E-state index contributed by atoms with van der Waals surface area (Å²) in [4.78, 5) is 44.5. The van der Waals surface area contributed by atoms with Gasteiger partial charge in [-0.25, -0.2) is 4.79 Å². The van der Waals surface area contributed by atoms with Gasteiger partial charge in [0.15, 0.2) is 0 Å². The van der Waals surface area contributed by atoms with Gasteiger partial charge in [-0.3, -0.25) is 19.8 Å². The number of aromatic hydroxyl groups is 2. The Balaban J connectivity index is 0.878. The van der Waals surface area contributed by atoms with Gasteiger partial charge in [0.2, 0.25) is 5.56 Å². The largest absolute Gasteiger partial charge is 0.508 e. The number of likely N-dealkylation sites (tertiary alicyclic amines) is 1.